The van der Waals surface area contributed by atoms with Gasteiger partial charge in [0.1, 0.15) is 37.6 Å². The molecule has 2 aliphatic heterocycles. The predicted molar refractivity (Wildman–Crippen MR) is 209 cm³/mol. The van der Waals surface area contributed by atoms with Crippen molar-refractivity contribution in [2.75, 3.05) is 13.2 Å². The summed E-state index contributed by atoms with van der Waals surface area (Å²) in [5, 5.41) is 23.4. The van der Waals surface area contributed by atoms with Crippen LogP contribution in [0, 0.1) is 32.5 Å². The summed E-state index contributed by atoms with van der Waals surface area (Å²) in [6.45, 7) is 27.2. The van der Waals surface area contributed by atoms with Crippen LogP contribution in [-0.4, -0.2) is 121 Å². The van der Waals surface area contributed by atoms with Gasteiger partial charge in [-0.1, -0.05) is 0 Å². The molecule has 0 aromatic heterocycles. The number of esters is 6. The number of aliphatic hydroxyl groups excluding tert-OH is 2. The zero-order valence-corrected chi connectivity index (χ0v) is 38.2. The lowest BCUT2D eigenvalue weighted by Crippen LogP contribution is -2.67. The highest BCUT2D eigenvalue weighted by molar-refractivity contribution is 5.78. The third-order valence-corrected chi connectivity index (χ3v) is 8.92. The Kier molecular flexibility index (Phi) is 16.4. The second-order valence-corrected chi connectivity index (χ2v) is 21.4. The SMILES string of the molecule is CC(C)(C)C(=O)OC[C@H]1O[C@@H](O[C@H]2[C@H](OC(=O)C(C)(C)C)[C@@H](OC(=O)C(C)(C)C)[C@H](O)O[C@@H]2COC(=O)C(C)(C)C)[C@H](OC(=O)C(C)(C)C)[C@@H](O)[C@H]1OC(=O)C(C)(C)C. The zero-order chi connectivity index (χ0) is 46.0. The molecule has 17 nitrogen and oxygen atoms in total. The molecule has 0 aromatic rings. The van der Waals surface area contributed by atoms with E-state index in [2.05, 4.69) is 0 Å². The van der Waals surface area contributed by atoms with Gasteiger partial charge >= 0.3 is 35.8 Å². The van der Waals surface area contributed by atoms with Gasteiger partial charge in [0.2, 0.25) is 0 Å². The lowest BCUT2D eigenvalue weighted by Gasteiger charge is -2.48. The van der Waals surface area contributed by atoms with Gasteiger partial charge in [-0.25, -0.2) is 0 Å². The first-order chi connectivity index (χ1) is 26.4. The summed E-state index contributed by atoms with van der Waals surface area (Å²) in [5.74, 6) is -4.59. The second kappa shape index (κ2) is 18.7. The molecule has 0 radical (unpaired) electrons. The van der Waals surface area contributed by atoms with Crippen molar-refractivity contribution in [3.8, 4) is 0 Å². The topological polar surface area (TPSA) is 226 Å². The minimum absolute atomic E-state index is 0.587. The first-order valence-electron chi connectivity index (χ1n) is 19.9. The minimum Gasteiger partial charge on any atom is -0.462 e. The maximum Gasteiger partial charge on any atom is 0.311 e. The van der Waals surface area contributed by atoms with Crippen molar-refractivity contribution in [2.24, 2.45) is 32.5 Å². The molecule has 0 bridgehead atoms. The van der Waals surface area contributed by atoms with Crippen molar-refractivity contribution in [1.82, 2.24) is 0 Å². The normalized spacial score (nSPS) is 28.5. The predicted octanol–water partition coefficient (Wildman–Crippen LogP) is 4.18. The molecule has 17 heteroatoms. The highest BCUT2D eigenvalue weighted by Crippen LogP contribution is 2.37. The Morgan fingerprint density at radius 1 is 0.407 bits per heavy atom. The second-order valence-electron chi connectivity index (χ2n) is 21.4. The van der Waals surface area contributed by atoms with E-state index in [0.29, 0.717) is 0 Å². The fourth-order valence-electron chi connectivity index (χ4n) is 4.97. The molecule has 2 saturated heterocycles. The van der Waals surface area contributed by atoms with E-state index < -0.39 is 143 Å². The Balaban J connectivity index is 2.89. The van der Waals surface area contributed by atoms with Gasteiger partial charge in [-0.3, -0.25) is 28.8 Å². The molecule has 0 amide bonds. The van der Waals surface area contributed by atoms with Gasteiger partial charge < -0.3 is 52.8 Å². The number of carbonyl (C=O) groups excluding carboxylic acids is 6. The fourth-order valence-corrected chi connectivity index (χ4v) is 4.97. The van der Waals surface area contributed by atoms with Crippen LogP contribution in [0.4, 0.5) is 0 Å². The molecule has 0 unspecified atom stereocenters. The zero-order valence-electron chi connectivity index (χ0n) is 38.2. The summed E-state index contributed by atoms with van der Waals surface area (Å²) < 4.78 is 53.2. The van der Waals surface area contributed by atoms with Crippen LogP contribution in [0.3, 0.4) is 0 Å². The van der Waals surface area contributed by atoms with Crippen molar-refractivity contribution in [3.05, 3.63) is 0 Å². The lowest BCUT2D eigenvalue weighted by molar-refractivity contribution is -0.359. The Hall–Kier alpha value is -3.38. The summed E-state index contributed by atoms with van der Waals surface area (Å²) in [4.78, 5) is 79.7. The van der Waals surface area contributed by atoms with Crippen LogP contribution in [0.1, 0.15) is 125 Å². The summed E-state index contributed by atoms with van der Waals surface area (Å²) in [6.07, 6.45) is -17.2. The number of hydrogen-bond donors (Lipinski definition) is 2. The third-order valence-electron chi connectivity index (χ3n) is 8.92. The molecule has 10 atom stereocenters. The summed E-state index contributed by atoms with van der Waals surface area (Å²) in [5.41, 5.74) is -6.48. The maximum atomic E-state index is 13.6. The van der Waals surface area contributed by atoms with Crippen molar-refractivity contribution in [2.45, 2.75) is 186 Å². The van der Waals surface area contributed by atoms with E-state index in [0.717, 1.165) is 0 Å². The average Bonchev–Trinajstić information content (AvgIpc) is 3.05. The number of aliphatic hydroxyl groups is 2. The van der Waals surface area contributed by atoms with E-state index in [1.54, 1.807) is 125 Å². The Labute approximate surface area is 348 Å². The van der Waals surface area contributed by atoms with E-state index in [9.17, 15) is 39.0 Å². The molecule has 59 heavy (non-hydrogen) atoms. The van der Waals surface area contributed by atoms with Crippen molar-refractivity contribution in [3.63, 3.8) is 0 Å². The van der Waals surface area contributed by atoms with Crippen LogP contribution in [0.2, 0.25) is 0 Å². The van der Waals surface area contributed by atoms with Gasteiger partial charge in [0.15, 0.2) is 37.0 Å². The molecule has 0 aromatic carbocycles. The van der Waals surface area contributed by atoms with Gasteiger partial charge in [0.05, 0.1) is 32.5 Å². The van der Waals surface area contributed by atoms with Crippen LogP contribution in [0.15, 0.2) is 0 Å². The van der Waals surface area contributed by atoms with Crippen LogP contribution < -0.4 is 0 Å². The highest BCUT2D eigenvalue weighted by Gasteiger charge is 2.57. The molecule has 0 spiro atoms. The standard InChI is InChI=1S/C42H70O17/c1-37(2,3)31(45)51-19-21-24(56-33(47)39(7,8)9)23(43)26(57-34(48)40(10,11)12)30(54-21)55-25-22(20-52-32(46)38(4,5)6)53-29(44)28(59-36(50)42(16,17)18)27(25)58-35(49)41(13,14)15/h21-30,43-44H,19-20H2,1-18H3/t21-,22-,23+,24+,25-,26-,27+,28-,29-,30+/m1/s1. The molecule has 0 aliphatic carbocycles. The first-order valence-corrected chi connectivity index (χ1v) is 19.9. The van der Waals surface area contributed by atoms with E-state index >= 15 is 0 Å². The number of rotatable bonds is 10. The Morgan fingerprint density at radius 3 is 1.07 bits per heavy atom. The molecule has 2 fully saturated rings. The Morgan fingerprint density at radius 2 is 0.712 bits per heavy atom. The van der Waals surface area contributed by atoms with E-state index in [4.69, 9.17) is 42.6 Å². The monoisotopic (exact) mass is 846 g/mol. The van der Waals surface area contributed by atoms with E-state index in [-0.39, 0.29) is 0 Å². The first kappa shape index (κ1) is 51.8. The van der Waals surface area contributed by atoms with Crippen LogP contribution in [0.25, 0.3) is 0 Å². The van der Waals surface area contributed by atoms with Crippen molar-refractivity contribution >= 4 is 35.8 Å². The number of hydrogen-bond acceptors (Lipinski definition) is 17. The van der Waals surface area contributed by atoms with Crippen molar-refractivity contribution < 1.29 is 81.6 Å². The highest BCUT2D eigenvalue weighted by atomic mass is 16.8. The summed E-state index contributed by atoms with van der Waals surface area (Å²) >= 11 is 0. The minimum atomic E-state index is -1.96. The molecule has 2 heterocycles. The molecule has 2 aliphatic rings. The average molecular weight is 847 g/mol. The van der Waals surface area contributed by atoms with Crippen LogP contribution in [0.5, 0.6) is 0 Å². The largest absolute Gasteiger partial charge is 0.462 e. The molecular weight excluding hydrogens is 776 g/mol. The van der Waals surface area contributed by atoms with Gasteiger partial charge in [-0.15, -0.1) is 0 Å². The number of carbonyl (C=O) groups is 6. The number of ether oxygens (including phenoxy) is 9. The quantitative estimate of drug-likeness (QED) is 0.232. The molecule has 340 valence electrons. The molecule has 2 rings (SSSR count). The van der Waals surface area contributed by atoms with E-state index in [1.807, 2.05) is 0 Å². The lowest BCUT2D eigenvalue weighted by atomic mass is 9.93. The van der Waals surface area contributed by atoms with Crippen LogP contribution in [-0.2, 0) is 71.4 Å². The third kappa shape index (κ3) is 14.4. The van der Waals surface area contributed by atoms with Crippen LogP contribution >= 0.6 is 0 Å². The Bertz CT molecular complexity index is 1510. The fraction of sp³-hybridized carbons (Fsp3) is 0.857. The smallest absolute Gasteiger partial charge is 0.311 e. The van der Waals surface area contributed by atoms with Gasteiger partial charge in [0, 0.05) is 0 Å². The summed E-state index contributed by atoms with van der Waals surface area (Å²) in [7, 11) is 0. The molecule has 2 N–H and O–H groups in total. The molecular formula is C42H70O17. The summed E-state index contributed by atoms with van der Waals surface area (Å²) in [6, 6.07) is 0. The maximum absolute atomic E-state index is 13.6. The molecule has 0 saturated carbocycles. The van der Waals surface area contributed by atoms with E-state index in [1.165, 1.54) is 0 Å². The van der Waals surface area contributed by atoms with Gasteiger partial charge in [0.25, 0.3) is 0 Å². The van der Waals surface area contributed by atoms with Gasteiger partial charge in [-0.2, -0.15) is 0 Å². The van der Waals surface area contributed by atoms with Crippen molar-refractivity contribution in [1.29, 1.82) is 0 Å². The van der Waals surface area contributed by atoms with Gasteiger partial charge in [-0.05, 0) is 125 Å².